The Balaban J connectivity index is 1.83. The maximum atomic E-state index is 11.8. The van der Waals surface area contributed by atoms with Gasteiger partial charge in [0.05, 0.1) is 5.01 Å². The van der Waals surface area contributed by atoms with Crippen molar-refractivity contribution >= 4 is 17.2 Å². The number of hydrogen-bond acceptors (Lipinski definition) is 3. The molecular weight excluding hydrogens is 232 g/mol. The molecule has 17 heavy (non-hydrogen) atoms. The number of thiazole rings is 1. The predicted molar refractivity (Wildman–Crippen MR) is 70.3 cm³/mol. The summed E-state index contributed by atoms with van der Waals surface area (Å²) in [6, 6.07) is 0. The molecule has 1 aliphatic carbocycles. The Morgan fingerprint density at radius 1 is 1.59 bits per heavy atom. The number of carbonyl (C=O) groups is 1. The van der Waals surface area contributed by atoms with Crippen molar-refractivity contribution in [3.8, 4) is 0 Å². The summed E-state index contributed by atoms with van der Waals surface area (Å²) >= 11 is 1.59. The van der Waals surface area contributed by atoms with Crippen molar-refractivity contribution in [3.05, 3.63) is 16.1 Å². The SMILES string of the molecule is CC(C)Cc1nc(C(=O)NCC2CCC2)cs1. The first-order valence-corrected chi connectivity index (χ1v) is 7.25. The average Bonchev–Trinajstić information content (AvgIpc) is 2.62. The van der Waals surface area contributed by atoms with Crippen LogP contribution in [0.1, 0.15) is 48.6 Å². The standard InChI is InChI=1S/C13H20N2OS/c1-9(2)6-12-15-11(8-17-12)13(16)14-7-10-4-3-5-10/h8-10H,3-7H2,1-2H3,(H,14,16). The molecule has 0 saturated heterocycles. The van der Waals surface area contributed by atoms with E-state index in [-0.39, 0.29) is 5.91 Å². The maximum Gasteiger partial charge on any atom is 0.270 e. The van der Waals surface area contributed by atoms with E-state index in [9.17, 15) is 4.79 Å². The zero-order valence-corrected chi connectivity index (χ0v) is 11.3. The summed E-state index contributed by atoms with van der Waals surface area (Å²) in [4.78, 5) is 16.2. The third-order valence-electron chi connectivity index (χ3n) is 3.14. The van der Waals surface area contributed by atoms with Crippen molar-refractivity contribution in [1.29, 1.82) is 0 Å². The molecule has 1 saturated carbocycles. The van der Waals surface area contributed by atoms with E-state index in [0.29, 0.717) is 17.5 Å². The lowest BCUT2D eigenvalue weighted by Crippen LogP contribution is -2.32. The van der Waals surface area contributed by atoms with Gasteiger partial charge < -0.3 is 5.32 Å². The highest BCUT2D eigenvalue weighted by Crippen LogP contribution is 2.25. The van der Waals surface area contributed by atoms with Crippen LogP contribution in [0.5, 0.6) is 0 Å². The van der Waals surface area contributed by atoms with E-state index >= 15 is 0 Å². The number of nitrogens with zero attached hydrogens (tertiary/aromatic N) is 1. The quantitative estimate of drug-likeness (QED) is 0.875. The molecule has 4 heteroatoms. The molecule has 0 aliphatic heterocycles. The van der Waals surface area contributed by atoms with Crippen LogP contribution in [0.25, 0.3) is 0 Å². The third kappa shape index (κ3) is 3.53. The van der Waals surface area contributed by atoms with Gasteiger partial charge in [0, 0.05) is 18.3 Å². The molecule has 1 N–H and O–H groups in total. The van der Waals surface area contributed by atoms with Crippen LogP contribution in [0.15, 0.2) is 5.38 Å². The highest BCUT2D eigenvalue weighted by atomic mass is 32.1. The van der Waals surface area contributed by atoms with Gasteiger partial charge >= 0.3 is 0 Å². The summed E-state index contributed by atoms with van der Waals surface area (Å²) in [5, 5.41) is 5.91. The first kappa shape index (κ1) is 12.6. The summed E-state index contributed by atoms with van der Waals surface area (Å²) in [6.07, 6.45) is 4.79. The lowest BCUT2D eigenvalue weighted by atomic mass is 9.85. The Hall–Kier alpha value is -0.900. The van der Waals surface area contributed by atoms with Gasteiger partial charge in [-0.25, -0.2) is 4.98 Å². The number of amides is 1. The fraction of sp³-hybridized carbons (Fsp3) is 0.692. The topological polar surface area (TPSA) is 42.0 Å². The first-order valence-electron chi connectivity index (χ1n) is 6.37. The van der Waals surface area contributed by atoms with Crippen molar-refractivity contribution in [2.75, 3.05) is 6.54 Å². The van der Waals surface area contributed by atoms with E-state index < -0.39 is 0 Å². The molecule has 1 aromatic heterocycles. The maximum absolute atomic E-state index is 11.8. The van der Waals surface area contributed by atoms with Gasteiger partial charge in [0.2, 0.25) is 0 Å². The van der Waals surface area contributed by atoms with Crippen molar-refractivity contribution < 1.29 is 4.79 Å². The van der Waals surface area contributed by atoms with Gasteiger partial charge in [0.15, 0.2) is 0 Å². The predicted octanol–water partition coefficient (Wildman–Crippen LogP) is 2.87. The Bertz CT molecular complexity index is 383. The smallest absolute Gasteiger partial charge is 0.270 e. The van der Waals surface area contributed by atoms with Crippen LogP contribution in [-0.2, 0) is 6.42 Å². The fourth-order valence-corrected chi connectivity index (χ4v) is 2.87. The van der Waals surface area contributed by atoms with Crippen LogP contribution in [0.3, 0.4) is 0 Å². The van der Waals surface area contributed by atoms with Crippen molar-refractivity contribution in [1.82, 2.24) is 10.3 Å². The van der Waals surface area contributed by atoms with Crippen LogP contribution in [0.4, 0.5) is 0 Å². The number of hydrogen-bond donors (Lipinski definition) is 1. The van der Waals surface area contributed by atoms with Crippen LogP contribution in [0.2, 0.25) is 0 Å². The van der Waals surface area contributed by atoms with Crippen molar-refractivity contribution in [3.63, 3.8) is 0 Å². The second kappa shape index (κ2) is 5.63. The minimum atomic E-state index is -0.0110. The van der Waals surface area contributed by atoms with Crippen LogP contribution in [-0.4, -0.2) is 17.4 Å². The summed E-state index contributed by atoms with van der Waals surface area (Å²) in [5.41, 5.74) is 0.588. The molecule has 1 fully saturated rings. The Morgan fingerprint density at radius 2 is 2.35 bits per heavy atom. The molecule has 2 rings (SSSR count). The second-order valence-electron chi connectivity index (χ2n) is 5.23. The number of nitrogens with one attached hydrogen (secondary N) is 1. The Morgan fingerprint density at radius 3 is 2.94 bits per heavy atom. The van der Waals surface area contributed by atoms with Gasteiger partial charge in [0.25, 0.3) is 5.91 Å². The summed E-state index contributed by atoms with van der Waals surface area (Å²) in [5.74, 6) is 1.28. The molecular formula is C13H20N2OS. The molecule has 3 nitrogen and oxygen atoms in total. The highest BCUT2D eigenvalue weighted by Gasteiger charge is 2.19. The molecule has 0 aromatic carbocycles. The molecule has 0 atom stereocenters. The van der Waals surface area contributed by atoms with E-state index in [1.54, 1.807) is 11.3 Å². The van der Waals surface area contributed by atoms with Gasteiger partial charge in [-0.1, -0.05) is 20.3 Å². The van der Waals surface area contributed by atoms with E-state index in [2.05, 4.69) is 24.1 Å². The van der Waals surface area contributed by atoms with Gasteiger partial charge in [-0.05, 0) is 24.7 Å². The molecule has 0 bridgehead atoms. The van der Waals surface area contributed by atoms with E-state index in [1.165, 1.54) is 19.3 Å². The number of rotatable bonds is 5. The molecule has 1 heterocycles. The van der Waals surface area contributed by atoms with Gasteiger partial charge in [0.1, 0.15) is 5.69 Å². The Kier molecular flexibility index (Phi) is 4.15. The molecule has 1 aliphatic rings. The highest BCUT2D eigenvalue weighted by molar-refractivity contribution is 7.09. The van der Waals surface area contributed by atoms with Crippen molar-refractivity contribution in [2.45, 2.75) is 39.5 Å². The van der Waals surface area contributed by atoms with E-state index in [0.717, 1.165) is 18.0 Å². The average molecular weight is 252 g/mol. The molecule has 1 aromatic rings. The minimum absolute atomic E-state index is 0.0110. The lowest BCUT2D eigenvalue weighted by Gasteiger charge is -2.25. The normalized spacial score (nSPS) is 15.9. The second-order valence-corrected chi connectivity index (χ2v) is 6.17. The number of carbonyl (C=O) groups excluding carboxylic acids is 1. The third-order valence-corrected chi connectivity index (χ3v) is 4.01. The summed E-state index contributed by atoms with van der Waals surface area (Å²) < 4.78 is 0. The minimum Gasteiger partial charge on any atom is -0.350 e. The summed E-state index contributed by atoms with van der Waals surface area (Å²) in [6.45, 7) is 5.14. The molecule has 94 valence electrons. The zero-order valence-electron chi connectivity index (χ0n) is 10.5. The molecule has 1 amide bonds. The van der Waals surface area contributed by atoms with Gasteiger partial charge in [-0.15, -0.1) is 11.3 Å². The van der Waals surface area contributed by atoms with Gasteiger partial charge in [-0.3, -0.25) is 4.79 Å². The first-order chi connectivity index (χ1) is 8.15. The Labute approximate surface area is 107 Å². The van der Waals surface area contributed by atoms with Gasteiger partial charge in [-0.2, -0.15) is 0 Å². The lowest BCUT2D eigenvalue weighted by molar-refractivity contribution is 0.0934. The van der Waals surface area contributed by atoms with E-state index in [1.807, 2.05) is 5.38 Å². The van der Waals surface area contributed by atoms with Crippen molar-refractivity contribution in [2.24, 2.45) is 11.8 Å². The monoisotopic (exact) mass is 252 g/mol. The largest absolute Gasteiger partial charge is 0.350 e. The van der Waals surface area contributed by atoms with Crippen LogP contribution in [0, 0.1) is 11.8 Å². The van der Waals surface area contributed by atoms with E-state index in [4.69, 9.17) is 0 Å². The number of aromatic nitrogens is 1. The fourth-order valence-electron chi connectivity index (χ4n) is 1.88. The molecule has 0 spiro atoms. The molecule has 0 unspecified atom stereocenters. The summed E-state index contributed by atoms with van der Waals surface area (Å²) in [7, 11) is 0. The van der Waals surface area contributed by atoms with Crippen LogP contribution < -0.4 is 5.32 Å². The molecule has 0 radical (unpaired) electrons. The zero-order chi connectivity index (χ0) is 12.3. The van der Waals surface area contributed by atoms with Crippen LogP contribution >= 0.6 is 11.3 Å².